The van der Waals surface area contributed by atoms with Crippen molar-refractivity contribution in [3.8, 4) is 0 Å². The zero-order valence-corrected chi connectivity index (χ0v) is 7.90. The van der Waals surface area contributed by atoms with Gasteiger partial charge in [-0.25, -0.2) is 9.59 Å². The van der Waals surface area contributed by atoms with Crippen molar-refractivity contribution in [2.24, 2.45) is 5.73 Å². The average molecular weight is 201 g/mol. The molecule has 1 fully saturated rings. The number of carbonyl (C=O) groups excluding carboxylic acids is 1. The van der Waals surface area contributed by atoms with Crippen LogP contribution in [-0.2, 0) is 4.79 Å². The predicted molar refractivity (Wildman–Crippen MR) is 49.8 cm³/mol. The highest BCUT2D eigenvalue weighted by Crippen LogP contribution is 2.16. The standard InChI is InChI=1S/C8H15N3O3/c9-3-4-10-8(14)11-5-1-2-6(11)7(12)13/h6H,1-5,9H2,(H,10,14)(H,12,13)/t6-/m1/s1. The summed E-state index contributed by atoms with van der Waals surface area (Å²) in [5.74, 6) is -0.939. The number of aliphatic carboxylic acids is 1. The van der Waals surface area contributed by atoms with Crippen molar-refractivity contribution < 1.29 is 14.7 Å². The molecule has 0 unspecified atom stereocenters. The van der Waals surface area contributed by atoms with Crippen LogP contribution in [0.25, 0.3) is 0 Å². The zero-order valence-electron chi connectivity index (χ0n) is 7.90. The Labute approximate surface area is 82.1 Å². The minimum Gasteiger partial charge on any atom is -0.480 e. The Kier molecular flexibility index (Phi) is 3.70. The fourth-order valence-electron chi connectivity index (χ4n) is 1.55. The molecule has 80 valence electrons. The highest BCUT2D eigenvalue weighted by atomic mass is 16.4. The monoisotopic (exact) mass is 201 g/mol. The molecule has 0 spiro atoms. The second-order valence-electron chi connectivity index (χ2n) is 3.21. The molecule has 1 rings (SSSR count). The normalized spacial score (nSPS) is 20.9. The van der Waals surface area contributed by atoms with Gasteiger partial charge in [0.2, 0.25) is 0 Å². The summed E-state index contributed by atoms with van der Waals surface area (Å²) in [6, 6.07) is -1.01. The highest BCUT2D eigenvalue weighted by molar-refractivity contribution is 5.83. The molecule has 4 N–H and O–H groups in total. The first-order chi connectivity index (χ1) is 6.66. The van der Waals surface area contributed by atoms with Gasteiger partial charge in [0.25, 0.3) is 0 Å². The minimum atomic E-state index is -0.939. The maximum atomic E-state index is 11.4. The first-order valence-electron chi connectivity index (χ1n) is 4.64. The van der Waals surface area contributed by atoms with Crippen molar-refractivity contribution in [2.75, 3.05) is 19.6 Å². The lowest BCUT2D eigenvalue weighted by Crippen LogP contribution is -2.47. The third-order valence-electron chi connectivity index (χ3n) is 2.22. The Bertz CT molecular complexity index is 232. The molecule has 6 nitrogen and oxygen atoms in total. The fraction of sp³-hybridized carbons (Fsp3) is 0.750. The molecule has 2 amide bonds. The van der Waals surface area contributed by atoms with Crippen LogP contribution in [0.15, 0.2) is 0 Å². The molecule has 0 bridgehead atoms. The van der Waals surface area contributed by atoms with Crippen LogP contribution in [0.2, 0.25) is 0 Å². The van der Waals surface area contributed by atoms with Gasteiger partial charge in [0, 0.05) is 19.6 Å². The molecule has 1 atom stereocenters. The summed E-state index contributed by atoms with van der Waals surface area (Å²) in [5.41, 5.74) is 5.22. The quantitative estimate of drug-likeness (QED) is 0.557. The molecule has 0 aliphatic carbocycles. The van der Waals surface area contributed by atoms with Crippen LogP contribution in [0, 0.1) is 0 Å². The maximum Gasteiger partial charge on any atom is 0.326 e. The molecule has 0 radical (unpaired) electrons. The van der Waals surface area contributed by atoms with Crippen molar-refractivity contribution in [2.45, 2.75) is 18.9 Å². The fourth-order valence-corrected chi connectivity index (χ4v) is 1.55. The molecule has 0 aromatic rings. The van der Waals surface area contributed by atoms with Crippen molar-refractivity contribution >= 4 is 12.0 Å². The van der Waals surface area contributed by atoms with Crippen LogP contribution in [0.1, 0.15) is 12.8 Å². The summed E-state index contributed by atoms with van der Waals surface area (Å²) in [4.78, 5) is 23.5. The van der Waals surface area contributed by atoms with E-state index in [-0.39, 0.29) is 6.03 Å². The number of nitrogens with two attached hydrogens (primary N) is 1. The van der Waals surface area contributed by atoms with E-state index in [9.17, 15) is 9.59 Å². The Morgan fingerprint density at radius 2 is 2.29 bits per heavy atom. The van der Waals surface area contributed by atoms with Crippen molar-refractivity contribution in [1.29, 1.82) is 0 Å². The predicted octanol–water partition coefficient (Wildman–Crippen LogP) is -0.796. The van der Waals surface area contributed by atoms with Crippen molar-refractivity contribution in [3.05, 3.63) is 0 Å². The van der Waals surface area contributed by atoms with Crippen LogP contribution in [0.3, 0.4) is 0 Å². The van der Waals surface area contributed by atoms with E-state index >= 15 is 0 Å². The van der Waals surface area contributed by atoms with Gasteiger partial charge < -0.3 is 21.1 Å². The van der Waals surface area contributed by atoms with E-state index in [0.29, 0.717) is 26.1 Å². The second kappa shape index (κ2) is 4.80. The molecule has 6 heteroatoms. The van der Waals surface area contributed by atoms with Gasteiger partial charge in [-0.05, 0) is 12.8 Å². The summed E-state index contributed by atoms with van der Waals surface area (Å²) < 4.78 is 0. The number of carbonyl (C=O) groups is 2. The van der Waals surface area contributed by atoms with Gasteiger partial charge in [0.1, 0.15) is 6.04 Å². The molecule has 0 aromatic heterocycles. The zero-order chi connectivity index (χ0) is 10.6. The Morgan fingerprint density at radius 1 is 1.57 bits per heavy atom. The van der Waals surface area contributed by atoms with Gasteiger partial charge in [-0.2, -0.15) is 0 Å². The molecule has 1 heterocycles. The SMILES string of the molecule is NCCNC(=O)N1CCC[C@@H]1C(=O)O. The van der Waals surface area contributed by atoms with Gasteiger partial charge >= 0.3 is 12.0 Å². The molecule has 1 aliphatic rings. The number of likely N-dealkylation sites (tertiary alicyclic amines) is 1. The molecule has 1 saturated heterocycles. The number of hydrogen-bond acceptors (Lipinski definition) is 3. The molecular formula is C8H15N3O3. The second-order valence-corrected chi connectivity index (χ2v) is 3.21. The van der Waals surface area contributed by atoms with Crippen LogP contribution in [0.4, 0.5) is 4.79 Å². The van der Waals surface area contributed by atoms with Crippen LogP contribution >= 0.6 is 0 Å². The first-order valence-corrected chi connectivity index (χ1v) is 4.64. The van der Waals surface area contributed by atoms with E-state index in [4.69, 9.17) is 10.8 Å². The number of carboxylic acids is 1. The lowest BCUT2D eigenvalue weighted by Gasteiger charge is -2.21. The number of rotatable bonds is 3. The molecule has 0 saturated carbocycles. The third-order valence-corrected chi connectivity index (χ3v) is 2.22. The van der Waals surface area contributed by atoms with Crippen LogP contribution in [-0.4, -0.2) is 47.7 Å². The maximum absolute atomic E-state index is 11.4. The van der Waals surface area contributed by atoms with Gasteiger partial charge in [-0.3, -0.25) is 0 Å². The third kappa shape index (κ3) is 2.35. The lowest BCUT2D eigenvalue weighted by molar-refractivity contribution is -0.141. The molecule has 14 heavy (non-hydrogen) atoms. The van der Waals surface area contributed by atoms with Crippen LogP contribution < -0.4 is 11.1 Å². The number of hydrogen-bond donors (Lipinski definition) is 3. The Balaban J connectivity index is 2.49. The van der Waals surface area contributed by atoms with Crippen LogP contribution in [0.5, 0.6) is 0 Å². The van der Waals surface area contributed by atoms with E-state index in [0.717, 1.165) is 6.42 Å². The van der Waals surface area contributed by atoms with Crippen molar-refractivity contribution in [3.63, 3.8) is 0 Å². The average Bonchev–Trinajstić information content (AvgIpc) is 2.62. The highest BCUT2D eigenvalue weighted by Gasteiger charge is 2.33. The smallest absolute Gasteiger partial charge is 0.326 e. The molecule has 0 aromatic carbocycles. The van der Waals surface area contributed by atoms with E-state index in [1.165, 1.54) is 4.90 Å². The minimum absolute atomic E-state index is 0.333. The number of urea groups is 1. The van der Waals surface area contributed by atoms with Crippen molar-refractivity contribution in [1.82, 2.24) is 10.2 Å². The summed E-state index contributed by atoms with van der Waals surface area (Å²) >= 11 is 0. The summed E-state index contributed by atoms with van der Waals surface area (Å²) in [7, 11) is 0. The molecule has 1 aliphatic heterocycles. The molecular weight excluding hydrogens is 186 g/mol. The first kappa shape index (κ1) is 10.8. The summed E-state index contributed by atoms with van der Waals surface area (Å²) in [6.07, 6.45) is 1.28. The van der Waals surface area contributed by atoms with Gasteiger partial charge in [0.05, 0.1) is 0 Å². The van der Waals surface area contributed by atoms with Gasteiger partial charge in [-0.1, -0.05) is 0 Å². The van der Waals surface area contributed by atoms with Gasteiger partial charge in [0.15, 0.2) is 0 Å². The van der Waals surface area contributed by atoms with E-state index in [1.807, 2.05) is 0 Å². The topological polar surface area (TPSA) is 95.7 Å². The summed E-state index contributed by atoms with van der Waals surface area (Å²) in [5, 5.41) is 11.4. The van der Waals surface area contributed by atoms with Gasteiger partial charge in [-0.15, -0.1) is 0 Å². The number of amides is 2. The Hall–Kier alpha value is -1.30. The van der Waals surface area contributed by atoms with E-state index in [2.05, 4.69) is 5.32 Å². The number of nitrogens with one attached hydrogen (secondary N) is 1. The number of nitrogens with zero attached hydrogens (tertiary/aromatic N) is 1. The summed E-state index contributed by atoms with van der Waals surface area (Å²) in [6.45, 7) is 1.24. The van der Waals surface area contributed by atoms with E-state index in [1.54, 1.807) is 0 Å². The number of carboxylic acid groups (broad SMARTS) is 1. The Morgan fingerprint density at radius 3 is 2.86 bits per heavy atom. The lowest BCUT2D eigenvalue weighted by atomic mass is 10.2. The van der Waals surface area contributed by atoms with E-state index < -0.39 is 12.0 Å². The largest absolute Gasteiger partial charge is 0.480 e.